The maximum Gasteiger partial charge on any atom is 0.338 e. The molecular weight excluding hydrogens is 420 g/mol. The van der Waals surface area contributed by atoms with Crippen molar-refractivity contribution in [3.63, 3.8) is 0 Å². The highest BCUT2D eigenvalue weighted by Crippen LogP contribution is 2.30. The van der Waals surface area contributed by atoms with Gasteiger partial charge in [0.1, 0.15) is 11.5 Å². The molecule has 0 aliphatic heterocycles. The van der Waals surface area contributed by atoms with E-state index < -0.39 is 5.97 Å². The molecule has 0 atom stereocenters. The second-order valence-electron chi connectivity index (χ2n) is 7.68. The van der Waals surface area contributed by atoms with Crippen molar-refractivity contribution in [3.8, 4) is 11.3 Å². The number of carbonyl (C=O) groups is 2. The summed E-state index contributed by atoms with van der Waals surface area (Å²) in [5.74, 6) is -0.758. The summed E-state index contributed by atoms with van der Waals surface area (Å²) in [6.45, 7) is 5.77. The number of aryl methyl sites for hydroxylation is 3. The number of fused-ring (bicyclic) bond motifs is 1. The number of carboxylic acid groups (broad SMARTS) is 1. The minimum atomic E-state index is -1.06. The van der Waals surface area contributed by atoms with E-state index in [0.29, 0.717) is 40.2 Å². The Morgan fingerprint density at radius 3 is 2.70 bits per heavy atom. The van der Waals surface area contributed by atoms with Crippen LogP contribution >= 0.6 is 0 Å². The number of amides is 1. The zero-order valence-electron chi connectivity index (χ0n) is 18.8. The van der Waals surface area contributed by atoms with E-state index in [1.165, 1.54) is 12.3 Å². The van der Waals surface area contributed by atoms with Crippen LogP contribution in [0.15, 0.2) is 36.5 Å². The summed E-state index contributed by atoms with van der Waals surface area (Å²) in [5.41, 5.74) is 5.05. The molecule has 9 heteroatoms. The van der Waals surface area contributed by atoms with Crippen LogP contribution in [0, 0.1) is 13.8 Å². The lowest BCUT2D eigenvalue weighted by atomic mass is 10.1. The largest absolute Gasteiger partial charge is 0.478 e. The van der Waals surface area contributed by atoms with Crippen molar-refractivity contribution in [3.05, 3.63) is 64.9 Å². The number of aromatic carboxylic acids is 1. The van der Waals surface area contributed by atoms with Crippen molar-refractivity contribution < 1.29 is 14.7 Å². The molecule has 0 unspecified atom stereocenters. The molecule has 0 aliphatic rings. The Morgan fingerprint density at radius 1 is 1.24 bits per heavy atom. The number of carbonyl (C=O) groups excluding carboxylic acids is 1. The number of nitrogens with one attached hydrogen (secondary N) is 2. The lowest BCUT2D eigenvalue weighted by molar-refractivity contribution is -0.111. The van der Waals surface area contributed by atoms with E-state index in [9.17, 15) is 14.7 Å². The van der Waals surface area contributed by atoms with Crippen molar-refractivity contribution in [2.24, 2.45) is 7.05 Å². The van der Waals surface area contributed by atoms with E-state index in [1.807, 2.05) is 33.9 Å². The zero-order chi connectivity index (χ0) is 23.7. The summed E-state index contributed by atoms with van der Waals surface area (Å²) in [6, 6.07) is 7.15. The standard InChI is InChI=1S/C24H24N6O3/c1-5-19-27-22(21-18(24(32)33)12-25-23(21)28-19)15-7-6-8-16(11-15)26-20(31)10-9-17-13(2)29-30(4)14(17)3/h6-12H,5H2,1-4H3,(H,26,31)(H,32,33)(H,25,27,28)/b10-9+. The third-order valence-corrected chi connectivity index (χ3v) is 5.49. The Balaban J connectivity index is 1.67. The van der Waals surface area contributed by atoms with Crippen molar-refractivity contribution in [2.45, 2.75) is 27.2 Å². The smallest absolute Gasteiger partial charge is 0.338 e. The first-order valence-electron chi connectivity index (χ1n) is 10.5. The SMILES string of the molecule is CCc1nc(-c2cccc(NC(=O)/C=C/c3c(C)nn(C)c3C)c2)c2c(C(=O)O)c[nH]c2n1. The summed E-state index contributed by atoms with van der Waals surface area (Å²) >= 11 is 0. The van der Waals surface area contributed by atoms with Crippen LogP contribution in [0.4, 0.5) is 5.69 Å². The summed E-state index contributed by atoms with van der Waals surface area (Å²) in [6.07, 6.45) is 5.23. The minimum Gasteiger partial charge on any atom is -0.478 e. The van der Waals surface area contributed by atoms with E-state index in [-0.39, 0.29) is 11.5 Å². The lowest BCUT2D eigenvalue weighted by Crippen LogP contribution is -2.08. The van der Waals surface area contributed by atoms with Gasteiger partial charge in [0.2, 0.25) is 5.91 Å². The summed E-state index contributed by atoms with van der Waals surface area (Å²) in [7, 11) is 1.86. The maximum absolute atomic E-state index is 12.5. The fourth-order valence-electron chi connectivity index (χ4n) is 3.73. The first-order valence-corrected chi connectivity index (χ1v) is 10.5. The van der Waals surface area contributed by atoms with Crippen LogP contribution in [0.2, 0.25) is 0 Å². The number of hydrogen-bond acceptors (Lipinski definition) is 5. The van der Waals surface area contributed by atoms with Crippen molar-refractivity contribution in [1.82, 2.24) is 24.7 Å². The van der Waals surface area contributed by atoms with E-state index in [0.717, 1.165) is 17.0 Å². The van der Waals surface area contributed by atoms with E-state index >= 15 is 0 Å². The third-order valence-electron chi connectivity index (χ3n) is 5.49. The molecule has 3 aromatic heterocycles. The molecular formula is C24H24N6O3. The number of anilines is 1. The molecule has 0 aliphatic carbocycles. The van der Waals surface area contributed by atoms with E-state index in [1.54, 1.807) is 29.0 Å². The molecule has 0 fully saturated rings. The van der Waals surface area contributed by atoms with Crippen LogP contribution < -0.4 is 5.32 Å². The van der Waals surface area contributed by atoms with Crippen molar-refractivity contribution in [1.29, 1.82) is 0 Å². The van der Waals surface area contributed by atoms with Crippen molar-refractivity contribution >= 4 is 34.7 Å². The van der Waals surface area contributed by atoms with Gasteiger partial charge in [-0.1, -0.05) is 19.1 Å². The number of aromatic nitrogens is 5. The quantitative estimate of drug-likeness (QED) is 0.387. The molecule has 1 aromatic carbocycles. The van der Waals surface area contributed by atoms with Crippen LogP contribution in [-0.2, 0) is 18.3 Å². The second-order valence-corrected chi connectivity index (χ2v) is 7.68. The Bertz CT molecular complexity index is 1410. The van der Waals surface area contributed by atoms with Crippen LogP contribution in [0.3, 0.4) is 0 Å². The number of nitrogens with zero attached hydrogens (tertiary/aromatic N) is 4. The highest BCUT2D eigenvalue weighted by Gasteiger charge is 2.19. The fourth-order valence-corrected chi connectivity index (χ4v) is 3.73. The Morgan fingerprint density at radius 2 is 2.03 bits per heavy atom. The lowest BCUT2D eigenvalue weighted by Gasteiger charge is -2.09. The second kappa shape index (κ2) is 8.70. The molecule has 33 heavy (non-hydrogen) atoms. The predicted octanol–water partition coefficient (Wildman–Crippen LogP) is 3.89. The topological polar surface area (TPSA) is 126 Å². The average Bonchev–Trinajstić information content (AvgIpc) is 3.32. The minimum absolute atomic E-state index is 0.0993. The summed E-state index contributed by atoms with van der Waals surface area (Å²) in [4.78, 5) is 36.2. The molecule has 0 spiro atoms. The van der Waals surface area contributed by atoms with Gasteiger partial charge in [-0.25, -0.2) is 14.8 Å². The normalized spacial score (nSPS) is 11.4. The van der Waals surface area contributed by atoms with Gasteiger partial charge in [0.15, 0.2) is 0 Å². The third kappa shape index (κ3) is 4.25. The highest BCUT2D eigenvalue weighted by atomic mass is 16.4. The Kier molecular flexibility index (Phi) is 5.78. The molecule has 3 N–H and O–H groups in total. The van der Waals surface area contributed by atoms with Gasteiger partial charge in [-0.3, -0.25) is 9.48 Å². The molecule has 3 heterocycles. The van der Waals surface area contributed by atoms with Gasteiger partial charge in [-0.15, -0.1) is 0 Å². The highest BCUT2D eigenvalue weighted by molar-refractivity contribution is 6.08. The van der Waals surface area contributed by atoms with Crippen molar-refractivity contribution in [2.75, 3.05) is 5.32 Å². The van der Waals surface area contributed by atoms with E-state index in [4.69, 9.17) is 0 Å². The van der Waals surface area contributed by atoms with Gasteiger partial charge >= 0.3 is 5.97 Å². The molecule has 168 valence electrons. The molecule has 9 nitrogen and oxygen atoms in total. The number of rotatable bonds is 6. The van der Waals surface area contributed by atoms with Crippen LogP contribution in [0.5, 0.6) is 0 Å². The van der Waals surface area contributed by atoms with E-state index in [2.05, 4.69) is 25.4 Å². The monoisotopic (exact) mass is 444 g/mol. The van der Waals surface area contributed by atoms with Crippen LogP contribution in [0.1, 0.15) is 40.1 Å². The predicted molar refractivity (Wildman–Crippen MR) is 126 cm³/mol. The molecule has 0 saturated carbocycles. The fraction of sp³-hybridized carbons (Fsp3) is 0.208. The zero-order valence-corrected chi connectivity index (χ0v) is 18.8. The van der Waals surface area contributed by atoms with Gasteiger partial charge < -0.3 is 15.4 Å². The van der Waals surface area contributed by atoms with Gasteiger partial charge in [0.25, 0.3) is 0 Å². The number of H-pyrrole nitrogens is 1. The number of aromatic amines is 1. The molecule has 0 bridgehead atoms. The molecule has 4 aromatic rings. The van der Waals surface area contributed by atoms with Crippen LogP contribution in [0.25, 0.3) is 28.4 Å². The first-order chi connectivity index (χ1) is 15.8. The van der Waals surface area contributed by atoms with Gasteiger partial charge in [0, 0.05) is 48.2 Å². The number of carboxylic acids is 1. The average molecular weight is 444 g/mol. The Labute approximate surface area is 190 Å². The van der Waals surface area contributed by atoms with Gasteiger partial charge in [-0.05, 0) is 32.1 Å². The van der Waals surface area contributed by atoms with Crippen LogP contribution in [-0.4, -0.2) is 41.7 Å². The molecule has 0 saturated heterocycles. The van der Waals surface area contributed by atoms with Gasteiger partial charge in [-0.2, -0.15) is 5.10 Å². The number of benzene rings is 1. The summed E-state index contributed by atoms with van der Waals surface area (Å²) < 4.78 is 1.77. The summed E-state index contributed by atoms with van der Waals surface area (Å²) in [5, 5.41) is 17.2. The molecule has 0 radical (unpaired) electrons. The van der Waals surface area contributed by atoms with Gasteiger partial charge in [0.05, 0.1) is 22.3 Å². The number of hydrogen-bond donors (Lipinski definition) is 3. The molecule has 4 rings (SSSR count). The first kappa shape index (κ1) is 21.9. The molecule has 1 amide bonds. The maximum atomic E-state index is 12.5. The Hall–Kier alpha value is -4.27.